The van der Waals surface area contributed by atoms with Gasteiger partial charge in [-0.2, -0.15) is 5.10 Å². The molecule has 1 aromatic carbocycles. The second kappa shape index (κ2) is 9.46. The van der Waals surface area contributed by atoms with Gasteiger partial charge in [-0.15, -0.1) is 5.10 Å². The molecule has 32 heavy (non-hydrogen) atoms. The number of aromatic nitrogens is 3. The minimum Gasteiger partial charge on any atom is -0.477 e. The lowest BCUT2D eigenvalue weighted by atomic mass is 10.0. The highest BCUT2D eigenvalue weighted by Crippen LogP contribution is 2.32. The lowest BCUT2D eigenvalue weighted by Gasteiger charge is -2.30. The summed E-state index contributed by atoms with van der Waals surface area (Å²) < 4.78 is 16.5. The molecule has 1 amide bonds. The molecule has 3 heterocycles. The highest BCUT2D eigenvalue weighted by Gasteiger charge is 2.26. The highest BCUT2D eigenvalue weighted by atomic mass is 16.5. The van der Waals surface area contributed by atoms with Gasteiger partial charge in [0.05, 0.1) is 37.6 Å². The molecule has 0 saturated carbocycles. The Labute approximate surface area is 186 Å². The SMILES string of the molecule is CCOc1ccc(CN(C(=O)c2ccc3nc(N)c4c(c3c2)COC4)C(CC)OC)nn1. The van der Waals surface area contributed by atoms with Crippen molar-refractivity contribution in [3.05, 3.63) is 52.7 Å². The summed E-state index contributed by atoms with van der Waals surface area (Å²) in [4.78, 5) is 19.7. The molecular formula is C23H27N5O4. The summed E-state index contributed by atoms with van der Waals surface area (Å²) in [6.45, 7) is 5.51. The van der Waals surface area contributed by atoms with Crippen molar-refractivity contribution in [3.8, 4) is 5.88 Å². The molecule has 0 fully saturated rings. The van der Waals surface area contributed by atoms with Gasteiger partial charge in [-0.3, -0.25) is 4.79 Å². The molecule has 0 bridgehead atoms. The van der Waals surface area contributed by atoms with Crippen LogP contribution in [0.2, 0.25) is 0 Å². The first-order chi connectivity index (χ1) is 15.5. The first-order valence-electron chi connectivity index (χ1n) is 10.6. The van der Waals surface area contributed by atoms with Crippen molar-refractivity contribution in [1.82, 2.24) is 20.1 Å². The summed E-state index contributed by atoms with van der Waals surface area (Å²) in [7, 11) is 1.59. The predicted octanol–water partition coefficient (Wildman–Crippen LogP) is 3.06. The third-order valence-electron chi connectivity index (χ3n) is 5.53. The van der Waals surface area contributed by atoms with E-state index in [1.807, 2.05) is 26.0 Å². The van der Waals surface area contributed by atoms with Crippen LogP contribution in [-0.4, -0.2) is 45.9 Å². The second-order valence-electron chi connectivity index (χ2n) is 7.51. The number of benzene rings is 1. The number of amides is 1. The van der Waals surface area contributed by atoms with E-state index in [1.54, 1.807) is 30.2 Å². The number of nitrogen functional groups attached to an aromatic ring is 1. The monoisotopic (exact) mass is 437 g/mol. The van der Waals surface area contributed by atoms with Crippen LogP contribution in [0.5, 0.6) is 5.88 Å². The highest BCUT2D eigenvalue weighted by molar-refractivity contribution is 5.99. The molecule has 168 valence electrons. The van der Waals surface area contributed by atoms with E-state index < -0.39 is 6.23 Å². The van der Waals surface area contributed by atoms with Crippen molar-refractivity contribution in [2.75, 3.05) is 19.5 Å². The second-order valence-corrected chi connectivity index (χ2v) is 7.51. The Hall–Kier alpha value is -3.30. The number of anilines is 1. The van der Waals surface area contributed by atoms with Gasteiger partial charge in [0.2, 0.25) is 5.88 Å². The Balaban J connectivity index is 1.67. The smallest absolute Gasteiger partial charge is 0.256 e. The zero-order valence-electron chi connectivity index (χ0n) is 18.5. The summed E-state index contributed by atoms with van der Waals surface area (Å²) in [5.41, 5.74) is 9.87. The Morgan fingerprint density at radius 3 is 2.69 bits per heavy atom. The van der Waals surface area contributed by atoms with E-state index in [0.29, 0.717) is 49.2 Å². The third kappa shape index (κ3) is 4.21. The normalized spacial score (nSPS) is 13.7. The average molecular weight is 438 g/mol. The molecule has 1 atom stereocenters. The topological polar surface area (TPSA) is 113 Å². The number of carbonyl (C=O) groups excluding carboxylic acids is 1. The number of ether oxygens (including phenoxy) is 3. The Bertz CT molecular complexity index is 1120. The summed E-state index contributed by atoms with van der Waals surface area (Å²) in [6, 6.07) is 8.99. The van der Waals surface area contributed by atoms with Gasteiger partial charge in [0.1, 0.15) is 12.0 Å². The molecule has 2 aromatic heterocycles. The molecule has 1 unspecified atom stereocenters. The standard InChI is InChI=1S/C23H27N5O4/c1-4-21(30-3)28(11-15-7-9-20(27-26-15)32-5-2)23(29)14-6-8-19-16(10-14)17-12-31-13-18(17)22(24)25-19/h6-10,21H,4-5,11-13H2,1-3H3,(H2,24,25). The van der Waals surface area contributed by atoms with Crippen molar-refractivity contribution >= 4 is 22.6 Å². The Kier molecular flexibility index (Phi) is 6.48. The van der Waals surface area contributed by atoms with Gasteiger partial charge in [-0.1, -0.05) is 6.92 Å². The van der Waals surface area contributed by atoms with E-state index in [1.165, 1.54) is 0 Å². The van der Waals surface area contributed by atoms with E-state index in [2.05, 4.69) is 15.2 Å². The maximum atomic E-state index is 13.6. The van der Waals surface area contributed by atoms with Gasteiger partial charge in [0.15, 0.2) is 0 Å². The zero-order valence-corrected chi connectivity index (χ0v) is 18.5. The fraction of sp³-hybridized carbons (Fsp3) is 0.391. The summed E-state index contributed by atoms with van der Waals surface area (Å²) >= 11 is 0. The number of rotatable bonds is 8. The van der Waals surface area contributed by atoms with Gasteiger partial charge in [0, 0.05) is 29.7 Å². The third-order valence-corrected chi connectivity index (χ3v) is 5.53. The van der Waals surface area contributed by atoms with Crippen LogP contribution in [0.3, 0.4) is 0 Å². The first kappa shape index (κ1) is 21.9. The number of hydrogen-bond acceptors (Lipinski definition) is 8. The van der Waals surface area contributed by atoms with E-state index >= 15 is 0 Å². The van der Waals surface area contributed by atoms with Crippen LogP contribution >= 0.6 is 0 Å². The van der Waals surface area contributed by atoms with E-state index in [4.69, 9.17) is 19.9 Å². The fourth-order valence-electron chi connectivity index (χ4n) is 3.92. The van der Waals surface area contributed by atoms with Crippen LogP contribution in [0.1, 0.15) is 47.4 Å². The Morgan fingerprint density at radius 1 is 1.19 bits per heavy atom. The molecule has 0 radical (unpaired) electrons. The zero-order chi connectivity index (χ0) is 22.7. The number of carbonyl (C=O) groups is 1. The lowest BCUT2D eigenvalue weighted by Crippen LogP contribution is -2.41. The van der Waals surface area contributed by atoms with E-state index in [-0.39, 0.29) is 12.5 Å². The van der Waals surface area contributed by atoms with Crippen LogP contribution in [0.4, 0.5) is 5.82 Å². The number of fused-ring (bicyclic) bond motifs is 3. The molecule has 4 rings (SSSR count). The quantitative estimate of drug-likeness (QED) is 0.535. The van der Waals surface area contributed by atoms with Crippen molar-refractivity contribution in [1.29, 1.82) is 0 Å². The molecule has 0 spiro atoms. The van der Waals surface area contributed by atoms with Gasteiger partial charge in [-0.05, 0) is 43.2 Å². The van der Waals surface area contributed by atoms with Crippen LogP contribution in [0.25, 0.3) is 10.9 Å². The minimum atomic E-state index is -0.412. The molecular weight excluding hydrogens is 410 g/mol. The lowest BCUT2D eigenvalue weighted by molar-refractivity contribution is -0.0267. The molecule has 2 N–H and O–H groups in total. The summed E-state index contributed by atoms with van der Waals surface area (Å²) in [5.74, 6) is 0.760. The molecule has 1 aliphatic heterocycles. The number of nitrogens with zero attached hydrogens (tertiary/aromatic N) is 4. The van der Waals surface area contributed by atoms with E-state index in [0.717, 1.165) is 22.0 Å². The number of pyridine rings is 1. The van der Waals surface area contributed by atoms with Crippen LogP contribution in [0.15, 0.2) is 30.3 Å². The number of methoxy groups -OCH3 is 1. The van der Waals surface area contributed by atoms with Crippen LogP contribution < -0.4 is 10.5 Å². The maximum Gasteiger partial charge on any atom is 0.256 e. The molecule has 9 heteroatoms. The largest absolute Gasteiger partial charge is 0.477 e. The molecule has 0 saturated heterocycles. The van der Waals surface area contributed by atoms with E-state index in [9.17, 15) is 4.79 Å². The van der Waals surface area contributed by atoms with Gasteiger partial charge in [-0.25, -0.2) is 4.98 Å². The van der Waals surface area contributed by atoms with Gasteiger partial charge >= 0.3 is 0 Å². The van der Waals surface area contributed by atoms with Gasteiger partial charge in [0.25, 0.3) is 5.91 Å². The van der Waals surface area contributed by atoms with Crippen LogP contribution in [-0.2, 0) is 29.2 Å². The number of nitrogens with two attached hydrogens (primary N) is 1. The van der Waals surface area contributed by atoms with Crippen molar-refractivity contribution in [2.24, 2.45) is 0 Å². The van der Waals surface area contributed by atoms with Gasteiger partial charge < -0.3 is 24.8 Å². The molecule has 1 aliphatic rings. The fourth-order valence-corrected chi connectivity index (χ4v) is 3.92. The Morgan fingerprint density at radius 2 is 2.00 bits per heavy atom. The molecule has 3 aromatic rings. The maximum absolute atomic E-state index is 13.6. The van der Waals surface area contributed by atoms with Crippen molar-refractivity contribution in [3.63, 3.8) is 0 Å². The van der Waals surface area contributed by atoms with Crippen LogP contribution in [0, 0.1) is 0 Å². The van der Waals surface area contributed by atoms with Crippen molar-refractivity contribution < 1.29 is 19.0 Å². The molecule has 9 nitrogen and oxygen atoms in total. The summed E-state index contributed by atoms with van der Waals surface area (Å²) in [5, 5.41) is 9.15. The minimum absolute atomic E-state index is 0.166. The molecule has 0 aliphatic carbocycles. The van der Waals surface area contributed by atoms with Crippen molar-refractivity contribution in [2.45, 2.75) is 46.3 Å². The number of hydrogen-bond donors (Lipinski definition) is 1. The first-order valence-corrected chi connectivity index (χ1v) is 10.6. The average Bonchev–Trinajstić information content (AvgIpc) is 3.31. The summed E-state index contributed by atoms with van der Waals surface area (Å²) in [6.07, 6.45) is 0.215. The predicted molar refractivity (Wildman–Crippen MR) is 119 cm³/mol.